The van der Waals surface area contributed by atoms with E-state index in [1.165, 1.54) is 66.3 Å². The summed E-state index contributed by atoms with van der Waals surface area (Å²) in [6.45, 7) is 4.48. The number of nitrogens with zero attached hydrogens (tertiary/aromatic N) is 2. The van der Waals surface area contributed by atoms with Gasteiger partial charge in [0.15, 0.2) is 0 Å². The fraction of sp³-hybridized carbons (Fsp3) is 0. The van der Waals surface area contributed by atoms with Crippen molar-refractivity contribution in [3.63, 3.8) is 0 Å². The monoisotopic (exact) mass is 662 g/mol. The molecule has 0 saturated heterocycles. The third kappa shape index (κ3) is 4.88. The first-order valence-electron chi connectivity index (χ1n) is 17.8. The van der Waals surface area contributed by atoms with Crippen molar-refractivity contribution >= 4 is 44.4 Å². The second kappa shape index (κ2) is 12.2. The molecule has 244 valence electrons. The zero-order valence-corrected chi connectivity index (χ0v) is 28.6. The molecule has 1 heterocycles. The molecular formula is C50H34N2. The van der Waals surface area contributed by atoms with E-state index in [0.717, 1.165) is 28.3 Å². The maximum Gasteiger partial charge on any atom is 0.0541 e. The summed E-state index contributed by atoms with van der Waals surface area (Å²) in [4.78, 5) is 2.33. The van der Waals surface area contributed by atoms with Crippen LogP contribution in [0.25, 0.3) is 66.4 Å². The fourth-order valence-electron chi connectivity index (χ4n) is 7.97. The van der Waals surface area contributed by atoms with E-state index in [4.69, 9.17) is 0 Å². The largest absolute Gasteiger partial charge is 0.310 e. The quantitative estimate of drug-likeness (QED) is 0.172. The van der Waals surface area contributed by atoms with Crippen molar-refractivity contribution in [2.75, 3.05) is 4.90 Å². The normalized spacial score (nSPS) is 11.9. The molecule has 0 unspecified atom stereocenters. The van der Waals surface area contributed by atoms with Gasteiger partial charge in [-0.15, -0.1) is 0 Å². The highest BCUT2D eigenvalue weighted by Crippen LogP contribution is 2.46. The summed E-state index contributed by atoms with van der Waals surface area (Å²) in [6.07, 6.45) is 0. The Labute approximate surface area is 303 Å². The zero-order valence-electron chi connectivity index (χ0n) is 28.6. The summed E-state index contributed by atoms with van der Waals surface area (Å²) in [5.74, 6) is 0. The zero-order chi connectivity index (χ0) is 34.6. The second-order valence-corrected chi connectivity index (χ2v) is 13.5. The van der Waals surface area contributed by atoms with Crippen LogP contribution in [-0.4, -0.2) is 4.57 Å². The lowest BCUT2D eigenvalue weighted by molar-refractivity contribution is 1.18. The minimum absolute atomic E-state index is 1.08. The Morgan fingerprint density at radius 3 is 1.67 bits per heavy atom. The Kier molecular flexibility index (Phi) is 7.00. The highest BCUT2D eigenvalue weighted by molar-refractivity contribution is 6.10. The highest BCUT2D eigenvalue weighted by Gasteiger charge is 2.23. The van der Waals surface area contributed by atoms with Crippen molar-refractivity contribution in [1.82, 2.24) is 4.57 Å². The van der Waals surface area contributed by atoms with Crippen molar-refractivity contribution in [1.29, 1.82) is 0 Å². The van der Waals surface area contributed by atoms with Crippen molar-refractivity contribution in [2.24, 2.45) is 0 Å². The molecule has 2 heteroatoms. The number of hydrogen-bond donors (Lipinski definition) is 0. The van der Waals surface area contributed by atoms with E-state index in [0.29, 0.717) is 0 Å². The van der Waals surface area contributed by atoms with E-state index >= 15 is 0 Å². The smallest absolute Gasteiger partial charge is 0.0541 e. The molecule has 1 aromatic heterocycles. The van der Waals surface area contributed by atoms with Crippen LogP contribution in [0.2, 0.25) is 0 Å². The van der Waals surface area contributed by atoms with Crippen molar-refractivity contribution in [3.05, 3.63) is 212 Å². The Balaban J connectivity index is 1.02. The fourth-order valence-corrected chi connectivity index (χ4v) is 7.97. The molecule has 0 radical (unpaired) electrons. The van der Waals surface area contributed by atoms with Crippen LogP contribution in [0.15, 0.2) is 201 Å². The van der Waals surface area contributed by atoms with Gasteiger partial charge in [-0.3, -0.25) is 0 Å². The van der Waals surface area contributed by atoms with Crippen LogP contribution < -0.4 is 4.90 Å². The SMILES string of the molecule is C=C1c2ccccc2-c2ccc(N(c3ccccc3)c3ccc(-c4ccc5c(c4)c4ccccc4n5-c4ccc(-c5ccccc5)cc4)cc3)cc21. The number of anilines is 3. The van der Waals surface area contributed by atoms with Gasteiger partial charge >= 0.3 is 0 Å². The first-order chi connectivity index (χ1) is 25.7. The molecule has 1 aliphatic rings. The number of aromatic nitrogens is 1. The summed E-state index contributed by atoms with van der Waals surface area (Å²) in [5.41, 5.74) is 17.7. The molecule has 0 saturated carbocycles. The first-order valence-corrected chi connectivity index (χ1v) is 17.8. The third-order valence-corrected chi connectivity index (χ3v) is 10.5. The average molecular weight is 663 g/mol. The van der Waals surface area contributed by atoms with Crippen LogP contribution >= 0.6 is 0 Å². The number of rotatable bonds is 6. The van der Waals surface area contributed by atoms with Crippen molar-refractivity contribution in [2.45, 2.75) is 0 Å². The van der Waals surface area contributed by atoms with E-state index in [9.17, 15) is 0 Å². The van der Waals surface area contributed by atoms with Crippen LogP contribution in [0.5, 0.6) is 0 Å². The van der Waals surface area contributed by atoms with Gasteiger partial charge in [-0.1, -0.05) is 134 Å². The molecule has 0 amide bonds. The van der Waals surface area contributed by atoms with E-state index in [2.05, 4.69) is 210 Å². The molecule has 0 N–H and O–H groups in total. The number of benzene rings is 8. The van der Waals surface area contributed by atoms with Gasteiger partial charge in [-0.05, 0) is 117 Å². The van der Waals surface area contributed by atoms with Crippen molar-refractivity contribution in [3.8, 4) is 39.1 Å². The van der Waals surface area contributed by atoms with Gasteiger partial charge in [0, 0.05) is 33.5 Å². The number of hydrogen-bond acceptors (Lipinski definition) is 1. The predicted octanol–water partition coefficient (Wildman–Crippen LogP) is 13.6. The van der Waals surface area contributed by atoms with Gasteiger partial charge in [-0.25, -0.2) is 0 Å². The molecule has 1 aliphatic carbocycles. The maximum atomic E-state index is 4.48. The van der Waals surface area contributed by atoms with Gasteiger partial charge in [0.25, 0.3) is 0 Å². The van der Waals surface area contributed by atoms with Gasteiger partial charge in [0.2, 0.25) is 0 Å². The highest BCUT2D eigenvalue weighted by atomic mass is 15.1. The lowest BCUT2D eigenvalue weighted by atomic mass is 10.0. The topological polar surface area (TPSA) is 8.17 Å². The Hall–Kier alpha value is -6.90. The molecule has 8 aromatic carbocycles. The minimum atomic E-state index is 1.08. The van der Waals surface area contributed by atoms with Crippen LogP contribution in [0.4, 0.5) is 17.1 Å². The molecule has 10 rings (SSSR count). The average Bonchev–Trinajstić information content (AvgIpc) is 3.70. The molecule has 0 atom stereocenters. The molecule has 0 fully saturated rings. The molecule has 52 heavy (non-hydrogen) atoms. The van der Waals surface area contributed by atoms with E-state index in [-0.39, 0.29) is 0 Å². The molecule has 0 bridgehead atoms. The summed E-state index contributed by atoms with van der Waals surface area (Å²) in [7, 11) is 0. The lowest BCUT2D eigenvalue weighted by Gasteiger charge is -2.26. The Bertz CT molecular complexity index is 2770. The predicted molar refractivity (Wildman–Crippen MR) is 220 cm³/mol. The number of para-hydroxylation sites is 2. The van der Waals surface area contributed by atoms with E-state index in [1.54, 1.807) is 0 Å². The van der Waals surface area contributed by atoms with Gasteiger partial charge in [0.1, 0.15) is 0 Å². The van der Waals surface area contributed by atoms with Crippen molar-refractivity contribution < 1.29 is 0 Å². The Morgan fingerprint density at radius 1 is 0.346 bits per heavy atom. The summed E-state index contributed by atoms with van der Waals surface area (Å²) in [5, 5.41) is 2.49. The Morgan fingerprint density at radius 2 is 0.885 bits per heavy atom. The summed E-state index contributed by atoms with van der Waals surface area (Å²) >= 11 is 0. The van der Waals surface area contributed by atoms with Crippen LogP contribution in [0.3, 0.4) is 0 Å². The summed E-state index contributed by atoms with van der Waals surface area (Å²) < 4.78 is 2.38. The van der Waals surface area contributed by atoms with Gasteiger partial charge in [-0.2, -0.15) is 0 Å². The van der Waals surface area contributed by atoms with Crippen LogP contribution in [0.1, 0.15) is 11.1 Å². The van der Waals surface area contributed by atoms with E-state index in [1.807, 2.05) is 0 Å². The molecule has 0 aliphatic heterocycles. The van der Waals surface area contributed by atoms with Gasteiger partial charge < -0.3 is 9.47 Å². The lowest BCUT2D eigenvalue weighted by Crippen LogP contribution is -2.10. The van der Waals surface area contributed by atoms with Crippen LogP contribution in [-0.2, 0) is 0 Å². The molecule has 9 aromatic rings. The maximum absolute atomic E-state index is 4.48. The van der Waals surface area contributed by atoms with Gasteiger partial charge in [0.05, 0.1) is 11.0 Å². The second-order valence-electron chi connectivity index (χ2n) is 13.5. The molecule has 0 spiro atoms. The summed E-state index contributed by atoms with van der Waals surface area (Å²) in [6, 6.07) is 70.0. The molecule has 2 nitrogen and oxygen atoms in total. The number of fused-ring (bicyclic) bond motifs is 6. The standard InChI is InChI=1S/C50H34N2/c1-34-43-16-8-9-17-44(43)45-30-29-42(33-47(34)45)51(39-14-6-3-7-15-39)40-25-22-37(23-26-40)38-24-31-50-48(32-38)46-18-10-11-19-49(46)52(50)41-27-20-36(21-28-41)35-12-4-2-5-13-35/h2-33H,1H2. The first kappa shape index (κ1) is 30.0. The molecular weight excluding hydrogens is 629 g/mol. The van der Waals surface area contributed by atoms with Crippen LogP contribution in [0, 0.1) is 0 Å². The van der Waals surface area contributed by atoms with E-state index < -0.39 is 0 Å². The minimum Gasteiger partial charge on any atom is -0.310 e. The third-order valence-electron chi connectivity index (χ3n) is 10.5.